The highest BCUT2D eigenvalue weighted by molar-refractivity contribution is 8.00. The van der Waals surface area contributed by atoms with Crippen molar-refractivity contribution in [2.75, 3.05) is 5.75 Å². The molecule has 0 unspecified atom stereocenters. The van der Waals surface area contributed by atoms with Gasteiger partial charge in [-0.25, -0.2) is 0 Å². The van der Waals surface area contributed by atoms with Gasteiger partial charge in [0.1, 0.15) is 5.37 Å². The summed E-state index contributed by atoms with van der Waals surface area (Å²) in [6, 6.07) is 24.5. The summed E-state index contributed by atoms with van der Waals surface area (Å²) in [5.41, 5.74) is 6.91. The van der Waals surface area contributed by atoms with Gasteiger partial charge in [-0.05, 0) is 72.1 Å². The summed E-state index contributed by atoms with van der Waals surface area (Å²) in [7, 11) is 0. The molecule has 2 amide bonds. The molecule has 2 aliphatic rings. The van der Waals surface area contributed by atoms with Gasteiger partial charge in [0.05, 0.1) is 11.8 Å². The number of carbonyl (C=O) groups excluding carboxylic acids is 2. The van der Waals surface area contributed by atoms with Crippen molar-refractivity contribution in [2.45, 2.75) is 57.0 Å². The maximum atomic E-state index is 13.1. The Labute approximate surface area is 212 Å². The Bertz CT molecular complexity index is 1190. The standard InChI is InChI=1S/C30H32N2O2S/c1-2-27(26-17-12-22-10-6-7-11-25(22)18-26)31-29(34)23-13-15-24(16-14-23)30-32(28(33)20-35-30)19-21-8-4-3-5-9-21/h3-5,8-9,12-18,27,30H,2,6-7,10-11,19-20H2,1H3,(H,31,34)/t27-,30+/m1/s1. The summed E-state index contributed by atoms with van der Waals surface area (Å²) in [4.78, 5) is 27.6. The van der Waals surface area contributed by atoms with E-state index in [2.05, 4.69) is 30.4 Å². The van der Waals surface area contributed by atoms with Crippen LogP contribution in [0.4, 0.5) is 0 Å². The molecule has 180 valence electrons. The highest BCUT2D eigenvalue weighted by atomic mass is 32.2. The third-order valence-electron chi connectivity index (χ3n) is 7.11. The maximum absolute atomic E-state index is 13.1. The maximum Gasteiger partial charge on any atom is 0.251 e. The van der Waals surface area contributed by atoms with E-state index in [-0.39, 0.29) is 23.2 Å². The highest BCUT2D eigenvalue weighted by Crippen LogP contribution is 2.39. The van der Waals surface area contributed by atoms with Gasteiger partial charge in [0, 0.05) is 12.1 Å². The molecule has 35 heavy (non-hydrogen) atoms. The minimum Gasteiger partial charge on any atom is -0.345 e. The smallest absolute Gasteiger partial charge is 0.251 e. The zero-order valence-corrected chi connectivity index (χ0v) is 21.0. The van der Waals surface area contributed by atoms with Gasteiger partial charge in [-0.1, -0.05) is 67.6 Å². The first kappa shape index (κ1) is 23.7. The molecule has 3 aromatic rings. The van der Waals surface area contributed by atoms with Crippen molar-refractivity contribution in [3.8, 4) is 0 Å². The quantitative estimate of drug-likeness (QED) is 0.433. The molecular formula is C30H32N2O2S. The van der Waals surface area contributed by atoms with Crippen molar-refractivity contribution in [3.63, 3.8) is 0 Å². The van der Waals surface area contributed by atoms with E-state index < -0.39 is 0 Å². The second-order valence-corrected chi connectivity index (χ2v) is 10.5. The zero-order chi connectivity index (χ0) is 24.2. The van der Waals surface area contributed by atoms with Crippen LogP contribution in [0, 0.1) is 0 Å². The molecule has 5 rings (SSSR count). The average Bonchev–Trinajstić information content (AvgIpc) is 3.27. The number of nitrogens with zero attached hydrogens (tertiary/aromatic N) is 1. The zero-order valence-electron chi connectivity index (χ0n) is 20.2. The summed E-state index contributed by atoms with van der Waals surface area (Å²) in [5, 5.41) is 3.21. The van der Waals surface area contributed by atoms with Gasteiger partial charge in [0.2, 0.25) is 5.91 Å². The van der Waals surface area contributed by atoms with Crippen molar-refractivity contribution < 1.29 is 9.59 Å². The molecule has 1 aliphatic carbocycles. The Morgan fingerprint density at radius 2 is 1.74 bits per heavy atom. The lowest BCUT2D eigenvalue weighted by atomic mass is 9.88. The lowest BCUT2D eigenvalue weighted by molar-refractivity contribution is -0.128. The number of carbonyl (C=O) groups is 2. The van der Waals surface area contributed by atoms with Crippen molar-refractivity contribution in [1.82, 2.24) is 10.2 Å². The summed E-state index contributed by atoms with van der Waals surface area (Å²) < 4.78 is 0. The first-order valence-corrected chi connectivity index (χ1v) is 13.6. The number of benzene rings is 3. The Balaban J connectivity index is 1.27. The van der Waals surface area contributed by atoms with E-state index in [0.717, 1.165) is 24.0 Å². The second kappa shape index (κ2) is 10.7. The number of rotatable bonds is 7. The lowest BCUT2D eigenvalue weighted by Gasteiger charge is -2.24. The van der Waals surface area contributed by atoms with Gasteiger partial charge in [-0.15, -0.1) is 11.8 Å². The molecule has 4 nitrogen and oxygen atoms in total. The summed E-state index contributed by atoms with van der Waals surface area (Å²) in [5.74, 6) is 0.581. The first-order chi connectivity index (χ1) is 17.1. The van der Waals surface area contributed by atoms with E-state index in [1.807, 2.05) is 59.5 Å². The number of thioether (sulfide) groups is 1. The van der Waals surface area contributed by atoms with Crippen molar-refractivity contribution in [1.29, 1.82) is 0 Å². The fraction of sp³-hybridized carbons (Fsp3) is 0.333. The van der Waals surface area contributed by atoms with Crippen LogP contribution in [0.25, 0.3) is 0 Å². The van der Waals surface area contributed by atoms with Gasteiger partial charge in [0.25, 0.3) is 5.91 Å². The Morgan fingerprint density at radius 1 is 1.00 bits per heavy atom. The van der Waals surface area contributed by atoms with Crippen molar-refractivity contribution in [3.05, 3.63) is 106 Å². The van der Waals surface area contributed by atoms with Gasteiger partial charge in [0.15, 0.2) is 0 Å². The highest BCUT2D eigenvalue weighted by Gasteiger charge is 2.32. The normalized spacial score (nSPS) is 18.3. The van der Waals surface area contributed by atoms with Crippen LogP contribution in [-0.2, 0) is 24.2 Å². The van der Waals surface area contributed by atoms with Crippen molar-refractivity contribution in [2.24, 2.45) is 0 Å². The van der Waals surface area contributed by atoms with Crippen LogP contribution in [0.3, 0.4) is 0 Å². The summed E-state index contributed by atoms with van der Waals surface area (Å²) in [6.07, 6.45) is 5.67. The number of amides is 2. The van der Waals surface area contributed by atoms with Crippen LogP contribution in [0.1, 0.15) is 75.8 Å². The molecule has 1 saturated heterocycles. The van der Waals surface area contributed by atoms with Crippen LogP contribution < -0.4 is 5.32 Å². The Kier molecular flexibility index (Phi) is 7.24. The SMILES string of the molecule is CC[C@@H](NC(=O)c1ccc([C@@H]2SCC(=O)N2Cc2ccccc2)cc1)c1ccc2c(c1)CCCC2. The molecule has 1 fully saturated rings. The fourth-order valence-corrected chi connectivity index (χ4v) is 6.30. The van der Waals surface area contributed by atoms with Crippen LogP contribution in [0.5, 0.6) is 0 Å². The van der Waals surface area contributed by atoms with Crippen LogP contribution in [-0.4, -0.2) is 22.5 Å². The van der Waals surface area contributed by atoms with E-state index in [4.69, 9.17) is 0 Å². The number of nitrogens with one attached hydrogen (secondary N) is 1. The molecule has 3 aromatic carbocycles. The van der Waals surface area contributed by atoms with Crippen LogP contribution in [0.2, 0.25) is 0 Å². The predicted molar refractivity (Wildman–Crippen MR) is 142 cm³/mol. The monoisotopic (exact) mass is 484 g/mol. The number of aryl methyl sites for hydroxylation is 2. The molecule has 0 aromatic heterocycles. The molecule has 0 bridgehead atoms. The van der Waals surface area contributed by atoms with Crippen LogP contribution >= 0.6 is 11.8 Å². The molecule has 5 heteroatoms. The fourth-order valence-electron chi connectivity index (χ4n) is 5.11. The van der Waals surface area contributed by atoms with Gasteiger partial charge in [-0.3, -0.25) is 9.59 Å². The minimum absolute atomic E-state index is 0.00113. The summed E-state index contributed by atoms with van der Waals surface area (Å²) in [6.45, 7) is 2.71. The number of hydrogen-bond donors (Lipinski definition) is 1. The van der Waals surface area contributed by atoms with Gasteiger partial charge >= 0.3 is 0 Å². The molecule has 1 heterocycles. The number of fused-ring (bicyclic) bond motifs is 1. The molecule has 1 aliphatic heterocycles. The van der Waals surface area contributed by atoms with E-state index >= 15 is 0 Å². The topological polar surface area (TPSA) is 49.4 Å². The molecule has 0 radical (unpaired) electrons. The van der Waals surface area contributed by atoms with Gasteiger partial charge in [-0.2, -0.15) is 0 Å². The predicted octanol–water partition coefficient (Wildman–Crippen LogP) is 6.22. The summed E-state index contributed by atoms with van der Waals surface area (Å²) >= 11 is 1.64. The third kappa shape index (κ3) is 5.30. The Hall–Kier alpha value is -3.05. The molecule has 0 saturated carbocycles. The number of hydrogen-bond acceptors (Lipinski definition) is 3. The van der Waals surface area contributed by atoms with E-state index in [1.165, 1.54) is 36.0 Å². The molecular weight excluding hydrogens is 452 g/mol. The second-order valence-electron chi connectivity index (χ2n) is 9.46. The van der Waals surface area contributed by atoms with E-state index in [1.54, 1.807) is 11.8 Å². The van der Waals surface area contributed by atoms with E-state index in [9.17, 15) is 9.59 Å². The molecule has 0 spiro atoms. The van der Waals surface area contributed by atoms with Crippen LogP contribution in [0.15, 0.2) is 72.8 Å². The largest absolute Gasteiger partial charge is 0.345 e. The minimum atomic E-state index is -0.0580. The average molecular weight is 485 g/mol. The molecule has 2 atom stereocenters. The van der Waals surface area contributed by atoms with E-state index in [0.29, 0.717) is 17.9 Å². The van der Waals surface area contributed by atoms with Gasteiger partial charge < -0.3 is 10.2 Å². The first-order valence-electron chi connectivity index (χ1n) is 12.6. The molecule has 1 N–H and O–H groups in total. The lowest BCUT2D eigenvalue weighted by Crippen LogP contribution is -2.29. The van der Waals surface area contributed by atoms with Crippen molar-refractivity contribution >= 4 is 23.6 Å². The third-order valence-corrected chi connectivity index (χ3v) is 8.37. The Morgan fingerprint density at radius 3 is 2.49 bits per heavy atom.